The molecule has 3 amide bonds. The lowest BCUT2D eigenvalue weighted by molar-refractivity contribution is -0.143. The van der Waals surface area contributed by atoms with Crippen LogP contribution in [0.1, 0.15) is 56.9 Å². The Labute approximate surface area is 228 Å². The molecule has 13 nitrogen and oxygen atoms in total. The number of rotatable bonds is 20. The van der Waals surface area contributed by atoms with Gasteiger partial charge in [0.05, 0.1) is 6.04 Å². The summed E-state index contributed by atoms with van der Waals surface area (Å²) in [6.07, 6.45) is 1.95. The van der Waals surface area contributed by atoms with Crippen molar-refractivity contribution < 1.29 is 34.2 Å². The number of carboxylic acid groups (broad SMARTS) is 2. The fourth-order valence-electron chi connectivity index (χ4n) is 3.83. The van der Waals surface area contributed by atoms with Crippen molar-refractivity contribution in [2.45, 2.75) is 82.0 Å². The predicted molar refractivity (Wildman–Crippen MR) is 144 cm³/mol. The van der Waals surface area contributed by atoms with E-state index in [-0.39, 0.29) is 25.7 Å². The Balaban J connectivity index is 2.98. The molecule has 0 radical (unpaired) electrons. The molecule has 0 spiro atoms. The van der Waals surface area contributed by atoms with Gasteiger partial charge in [0.2, 0.25) is 17.7 Å². The molecule has 0 aliphatic heterocycles. The quantitative estimate of drug-likeness (QED) is 0.0941. The first-order chi connectivity index (χ1) is 18.6. The maximum atomic E-state index is 13.2. The van der Waals surface area contributed by atoms with Crippen LogP contribution in [-0.4, -0.2) is 77.1 Å². The molecule has 4 unspecified atom stereocenters. The summed E-state index contributed by atoms with van der Waals surface area (Å²) in [5.41, 5.74) is 17.9. The summed E-state index contributed by atoms with van der Waals surface area (Å²) in [4.78, 5) is 61.7. The Morgan fingerprint density at radius 1 is 0.692 bits per heavy atom. The summed E-state index contributed by atoms with van der Waals surface area (Å²) in [6.45, 7) is 0.740. The van der Waals surface area contributed by atoms with Crippen LogP contribution in [0.3, 0.4) is 0 Å². The van der Waals surface area contributed by atoms with Crippen molar-refractivity contribution >= 4 is 29.7 Å². The third kappa shape index (κ3) is 13.7. The molecule has 218 valence electrons. The molecule has 0 saturated heterocycles. The summed E-state index contributed by atoms with van der Waals surface area (Å²) >= 11 is 0. The summed E-state index contributed by atoms with van der Waals surface area (Å²) in [5, 5.41) is 26.1. The van der Waals surface area contributed by atoms with Gasteiger partial charge < -0.3 is 43.4 Å². The maximum absolute atomic E-state index is 13.2. The monoisotopic (exact) mass is 550 g/mol. The van der Waals surface area contributed by atoms with E-state index in [9.17, 15) is 29.1 Å². The van der Waals surface area contributed by atoms with Crippen molar-refractivity contribution in [1.82, 2.24) is 16.0 Å². The highest BCUT2D eigenvalue weighted by atomic mass is 16.4. The third-order valence-electron chi connectivity index (χ3n) is 6.06. The van der Waals surface area contributed by atoms with Crippen molar-refractivity contribution in [3.05, 3.63) is 35.9 Å². The molecule has 0 heterocycles. The number of nitrogens with one attached hydrogen (secondary N) is 3. The third-order valence-corrected chi connectivity index (χ3v) is 6.06. The van der Waals surface area contributed by atoms with Gasteiger partial charge in [-0.1, -0.05) is 30.3 Å². The Morgan fingerprint density at radius 3 is 1.69 bits per heavy atom. The van der Waals surface area contributed by atoms with Crippen molar-refractivity contribution in [3.63, 3.8) is 0 Å². The zero-order chi connectivity index (χ0) is 29.2. The number of carbonyl (C=O) groups excluding carboxylic acids is 3. The van der Waals surface area contributed by atoms with Crippen molar-refractivity contribution in [3.8, 4) is 0 Å². The largest absolute Gasteiger partial charge is 0.481 e. The Morgan fingerprint density at radius 2 is 1.18 bits per heavy atom. The van der Waals surface area contributed by atoms with E-state index in [0.717, 1.165) is 5.56 Å². The van der Waals surface area contributed by atoms with E-state index in [2.05, 4.69) is 16.0 Å². The standard InChI is InChI=1S/C26H42N6O7/c27-14-6-4-10-19(30-23(35)18(29)16-17-8-2-1-3-9-17)24(36)31-20(12-13-22(33)34)25(37)32-21(26(38)39)11-5-7-15-28/h1-3,8-9,18-21H,4-7,10-16,27-29H2,(H,30,35)(H,31,36)(H,32,37)(H,33,34)(H,38,39). The van der Waals surface area contributed by atoms with Crippen LogP contribution in [-0.2, 0) is 30.4 Å². The van der Waals surface area contributed by atoms with Gasteiger partial charge in [0.15, 0.2) is 0 Å². The molecule has 0 saturated carbocycles. The average Bonchev–Trinajstić information content (AvgIpc) is 2.90. The molecule has 0 aliphatic rings. The van der Waals surface area contributed by atoms with Gasteiger partial charge in [0.1, 0.15) is 18.1 Å². The number of carboxylic acids is 2. The SMILES string of the molecule is NCCCCC(NC(=O)C(CCC(=O)O)NC(=O)C(CCCCN)NC(=O)C(N)Cc1ccccc1)C(=O)O. The van der Waals surface area contributed by atoms with Gasteiger partial charge in [-0.15, -0.1) is 0 Å². The zero-order valence-corrected chi connectivity index (χ0v) is 22.1. The highest BCUT2D eigenvalue weighted by Crippen LogP contribution is 2.08. The minimum absolute atomic E-state index is 0.120. The molecule has 1 aromatic rings. The zero-order valence-electron chi connectivity index (χ0n) is 22.1. The molecule has 39 heavy (non-hydrogen) atoms. The summed E-state index contributed by atoms with van der Waals surface area (Å²) < 4.78 is 0. The van der Waals surface area contributed by atoms with Crippen LogP contribution in [0.4, 0.5) is 0 Å². The number of benzene rings is 1. The highest BCUT2D eigenvalue weighted by Gasteiger charge is 2.30. The second kappa shape index (κ2) is 18.7. The van der Waals surface area contributed by atoms with E-state index < -0.39 is 60.2 Å². The lowest BCUT2D eigenvalue weighted by atomic mass is 10.0. The highest BCUT2D eigenvalue weighted by molar-refractivity contribution is 5.94. The van der Waals surface area contributed by atoms with Crippen LogP contribution in [0.25, 0.3) is 0 Å². The second-order valence-electron chi connectivity index (χ2n) is 9.32. The maximum Gasteiger partial charge on any atom is 0.326 e. The van der Waals surface area contributed by atoms with Gasteiger partial charge >= 0.3 is 11.9 Å². The minimum atomic E-state index is -1.34. The van der Waals surface area contributed by atoms with Gasteiger partial charge in [-0.05, 0) is 70.0 Å². The minimum Gasteiger partial charge on any atom is -0.481 e. The van der Waals surface area contributed by atoms with Crippen molar-refractivity contribution in [1.29, 1.82) is 0 Å². The molecule has 13 heteroatoms. The number of hydrogen-bond donors (Lipinski definition) is 8. The van der Waals surface area contributed by atoms with E-state index >= 15 is 0 Å². The molecule has 0 aliphatic carbocycles. The van der Waals surface area contributed by atoms with E-state index in [1.165, 1.54) is 0 Å². The van der Waals surface area contributed by atoms with Crippen molar-refractivity contribution in [2.24, 2.45) is 17.2 Å². The van der Waals surface area contributed by atoms with Crippen molar-refractivity contribution in [2.75, 3.05) is 13.1 Å². The van der Waals surface area contributed by atoms with E-state index in [0.29, 0.717) is 38.8 Å². The van der Waals surface area contributed by atoms with Gasteiger partial charge in [-0.3, -0.25) is 19.2 Å². The number of amides is 3. The van der Waals surface area contributed by atoms with Crippen LogP contribution in [0, 0.1) is 0 Å². The molecule has 4 atom stereocenters. The topological polar surface area (TPSA) is 240 Å². The lowest BCUT2D eigenvalue weighted by Crippen LogP contribution is -2.57. The molecular weight excluding hydrogens is 508 g/mol. The number of carbonyl (C=O) groups is 5. The predicted octanol–water partition coefficient (Wildman–Crippen LogP) is -0.782. The average molecular weight is 551 g/mol. The summed E-state index contributed by atoms with van der Waals surface area (Å²) in [5.74, 6) is -4.57. The molecular formula is C26H42N6O7. The van der Waals surface area contributed by atoms with Gasteiger partial charge in [0, 0.05) is 6.42 Å². The smallest absolute Gasteiger partial charge is 0.326 e. The number of unbranched alkanes of at least 4 members (excludes halogenated alkanes) is 2. The Kier molecular flexibility index (Phi) is 16.0. The fraction of sp³-hybridized carbons (Fsp3) is 0.577. The lowest BCUT2D eigenvalue weighted by Gasteiger charge is -2.25. The van der Waals surface area contributed by atoms with E-state index in [4.69, 9.17) is 22.3 Å². The van der Waals surface area contributed by atoms with E-state index in [1.54, 1.807) is 0 Å². The number of hydrogen-bond acceptors (Lipinski definition) is 8. The second-order valence-corrected chi connectivity index (χ2v) is 9.32. The first-order valence-electron chi connectivity index (χ1n) is 13.1. The summed E-state index contributed by atoms with van der Waals surface area (Å²) in [6, 6.07) is 4.55. The molecule has 0 aromatic heterocycles. The fourth-order valence-corrected chi connectivity index (χ4v) is 3.83. The Hall–Kier alpha value is -3.55. The van der Waals surface area contributed by atoms with Gasteiger partial charge in [-0.2, -0.15) is 0 Å². The van der Waals surface area contributed by atoms with Crippen LogP contribution < -0.4 is 33.2 Å². The molecule has 1 aromatic carbocycles. The first kappa shape index (κ1) is 33.5. The molecule has 1 rings (SSSR count). The molecule has 11 N–H and O–H groups in total. The van der Waals surface area contributed by atoms with Crippen LogP contribution in [0.15, 0.2) is 30.3 Å². The van der Waals surface area contributed by atoms with Crippen LogP contribution in [0.2, 0.25) is 0 Å². The number of aliphatic carboxylic acids is 2. The number of nitrogens with two attached hydrogens (primary N) is 3. The van der Waals surface area contributed by atoms with Gasteiger partial charge in [-0.25, -0.2) is 4.79 Å². The summed E-state index contributed by atoms with van der Waals surface area (Å²) in [7, 11) is 0. The van der Waals surface area contributed by atoms with Crippen LogP contribution >= 0.6 is 0 Å². The van der Waals surface area contributed by atoms with E-state index in [1.807, 2.05) is 30.3 Å². The molecule has 0 bridgehead atoms. The van der Waals surface area contributed by atoms with Crippen LogP contribution in [0.5, 0.6) is 0 Å². The first-order valence-corrected chi connectivity index (χ1v) is 13.1. The molecule has 0 fully saturated rings. The van der Waals surface area contributed by atoms with Gasteiger partial charge in [0.25, 0.3) is 0 Å². The Bertz CT molecular complexity index is 931. The normalized spacial score (nSPS) is 13.9.